The topological polar surface area (TPSA) is 76.6 Å². The van der Waals surface area contributed by atoms with Gasteiger partial charge < -0.3 is 14.8 Å². The van der Waals surface area contributed by atoms with E-state index in [1.807, 2.05) is 36.5 Å². The molecule has 7 nitrogen and oxygen atoms in total. The maximum absolute atomic E-state index is 13.1. The van der Waals surface area contributed by atoms with Crippen LogP contribution < -0.4 is 14.8 Å². The van der Waals surface area contributed by atoms with Crippen LogP contribution in [0.2, 0.25) is 0 Å². The van der Waals surface area contributed by atoms with Gasteiger partial charge in [-0.3, -0.25) is 19.7 Å². The van der Waals surface area contributed by atoms with Crippen molar-refractivity contribution in [1.82, 2.24) is 14.9 Å². The highest BCUT2D eigenvalue weighted by Crippen LogP contribution is 2.49. The molecule has 1 fully saturated rings. The van der Waals surface area contributed by atoms with Gasteiger partial charge in [-0.15, -0.1) is 0 Å². The summed E-state index contributed by atoms with van der Waals surface area (Å²) in [6, 6.07) is 11.7. The van der Waals surface area contributed by atoms with Crippen molar-refractivity contribution >= 4 is 11.6 Å². The largest absolute Gasteiger partial charge is 0.493 e. The molecule has 2 aliphatic heterocycles. The Bertz CT molecular complexity index is 1100. The minimum absolute atomic E-state index is 0.0712. The molecule has 0 saturated carbocycles. The molecule has 164 valence electrons. The van der Waals surface area contributed by atoms with Gasteiger partial charge in [0, 0.05) is 43.1 Å². The van der Waals surface area contributed by atoms with Crippen LogP contribution in [0, 0.1) is 0 Å². The molecule has 2 aliphatic rings. The van der Waals surface area contributed by atoms with E-state index >= 15 is 0 Å². The van der Waals surface area contributed by atoms with Crippen molar-refractivity contribution in [1.29, 1.82) is 0 Å². The highest BCUT2D eigenvalue weighted by atomic mass is 16.5. The average Bonchev–Trinajstić information content (AvgIpc) is 3.10. The van der Waals surface area contributed by atoms with Crippen LogP contribution in [0.3, 0.4) is 0 Å². The monoisotopic (exact) mass is 430 g/mol. The molecule has 32 heavy (non-hydrogen) atoms. The lowest BCUT2D eigenvalue weighted by Gasteiger charge is -2.38. The van der Waals surface area contributed by atoms with Gasteiger partial charge in [0.25, 0.3) is 0 Å². The quantitative estimate of drug-likeness (QED) is 0.645. The van der Waals surface area contributed by atoms with E-state index in [0.717, 1.165) is 49.3 Å². The van der Waals surface area contributed by atoms with Crippen molar-refractivity contribution < 1.29 is 14.3 Å². The molecular formula is C25H26N4O3. The normalized spacial score (nSPS) is 17.1. The molecule has 7 heteroatoms. The molecular weight excluding hydrogens is 404 g/mol. The third-order valence-corrected chi connectivity index (χ3v) is 6.48. The molecule has 1 aromatic carbocycles. The average molecular weight is 431 g/mol. The molecule has 4 heterocycles. The standard InChI is InChI=1S/C25H26N4O3/c1-31-22-13-20-21(14-23(22)32-17-18-4-9-26-10-5-18)28-24(30)25(20)6-11-29(12-7-25)16-19-3-2-8-27-15-19/h2-5,8-10,13-15H,6-7,11-12,16-17H2,1H3,(H,28,30). The van der Waals surface area contributed by atoms with Gasteiger partial charge in [-0.25, -0.2) is 0 Å². The van der Waals surface area contributed by atoms with Crippen LogP contribution in [-0.4, -0.2) is 41.0 Å². The van der Waals surface area contributed by atoms with E-state index in [0.29, 0.717) is 18.1 Å². The predicted octanol–water partition coefficient (Wildman–Crippen LogP) is 3.55. The maximum atomic E-state index is 13.1. The van der Waals surface area contributed by atoms with Gasteiger partial charge in [0.2, 0.25) is 5.91 Å². The number of methoxy groups -OCH3 is 1. The number of nitrogens with one attached hydrogen (secondary N) is 1. The zero-order valence-corrected chi connectivity index (χ0v) is 18.1. The smallest absolute Gasteiger partial charge is 0.235 e. The van der Waals surface area contributed by atoms with Gasteiger partial charge in [-0.2, -0.15) is 0 Å². The fraction of sp³-hybridized carbons (Fsp3) is 0.320. The Morgan fingerprint density at radius 2 is 1.84 bits per heavy atom. The summed E-state index contributed by atoms with van der Waals surface area (Å²) in [7, 11) is 1.63. The number of aromatic nitrogens is 2. The van der Waals surface area contributed by atoms with E-state index in [4.69, 9.17) is 9.47 Å². The van der Waals surface area contributed by atoms with Crippen molar-refractivity contribution in [2.75, 3.05) is 25.5 Å². The zero-order chi connectivity index (χ0) is 22.0. The molecule has 5 rings (SSSR count). The fourth-order valence-corrected chi connectivity index (χ4v) is 4.68. The molecule has 1 spiro atoms. The van der Waals surface area contributed by atoms with Gasteiger partial charge in [0.15, 0.2) is 11.5 Å². The second kappa shape index (κ2) is 8.59. The Morgan fingerprint density at radius 3 is 2.56 bits per heavy atom. The van der Waals surface area contributed by atoms with Gasteiger partial charge >= 0.3 is 0 Å². The lowest BCUT2D eigenvalue weighted by Crippen LogP contribution is -2.46. The SMILES string of the molecule is COc1cc2c(cc1OCc1ccncc1)NC(=O)C21CCN(Cc2cccnc2)CC1. The van der Waals surface area contributed by atoms with Crippen LogP contribution in [-0.2, 0) is 23.4 Å². The Balaban J connectivity index is 1.34. The number of anilines is 1. The second-order valence-corrected chi connectivity index (χ2v) is 8.37. The third kappa shape index (κ3) is 3.80. The summed E-state index contributed by atoms with van der Waals surface area (Å²) in [6.45, 7) is 2.96. The first-order chi connectivity index (χ1) is 15.7. The number of carbonyl (C=O) groups is 1. The molecule has 3 aromatic rings. The number of hydrogen-bond donors (Lipinski definition) is 1. The first-order valence-corrected chi connectivity index (χ1v) is 10.8. The predicted molar refractivity (Wildman–Crippen MR) is 121 cm³/mol. The van der Waals surface area contributed by atoms with E-state index in [1.54, 1.807) is 25.7 Å². The highest BCUT2D eigenvalue weighted by molar-refractivity contribution is 6.06. The molecule has 1 N–H and O–H groups in total. The number of amides is 1. The molecule has 1 saturated heterocycles. The minimum atomic E-state index is -0.516. The van der Waals surface area contributed by atoms with Crippen molar-refractivity contribution in [3.8, 4) is 11.5 Å². The number of pyridine rings is 2. The number of ether oxygens (including phenoxy) is 2. The van der Waals surface area contributed by atoms with Gasteiger partial charge in [0.05, 0.1) is 12.5 Å². The number of benzene rings is 1. The van der Waals surface area contributed by atoms with E-state index in [9.17, 15) is 4.79 Å². The van der Waals surface area contributed by atoms with E-state index in [2.05, 4.69) is 26.3 Å². The molecule has 0 radical (unpaired) electrons. The minimum Gasteiger partial charge on any atom is -0.493 e. The first kappa shape index (κ1) is 20.5. The Morgan fingerprint density at radius 1 is 1.03 bits per heavy atom. The Labute approximate surface area is 187 Å². The van der Waals surface area contributed by atoms with E-state index in [1.165, 1.54) is 5.56 Å². The van der Waals surface area contributed by atoms with Crippen molar-refractivity contribution in [3.63, 3.8) is 0 Å². The number of hydrogen-bond acceptors (Lipinski definition) is 6. The third-order valence-electron chi connectivity index (χ3n) is 6.48. The molecule has 0 bridgehead atoms. The van der Waals surface area contributed by atoms with Crippen LogP contribution in [0.15, 0.2) is 61.2 Å². The van der Waals surface area contributed by atoms with Crippen LogP contribution in [0.1, 0.15) is 29.5 Å². The number of likely N-dealkylation sites (tertiary alicyclic amines) is 1. The van der Waals surface area contributed by atoms with Gasteiger partial charge in [0.1, 0.15) is 6.61 Å². The molecule has 0 atom stereocenters. The Kier molecular flexibility index (Phi) is 5.49. The number of piperidine rings is 1. The summed E-state index contributed by atoms with van der Waals surface area (Å²) in [5, 5.41) is 3.10. The zero-order valence-electron chi connectivity index (χ0n) is 18.1. The van der Waals surface area contributed by atoms with E-state index in [-0.39, 0.29) is 5.91 Å². The number of nitrogens with zero attached hydrogens (tertiary/aromatic N) is 3. The summed E-state index contributed by atoms with van der Waals surface area (Å²) >= 11 is 0. The van der Waals surface area contributed by atoms with Crippen LogP contribution in [0.25, 0.3) is 0 Å². The first-order valence-electron chi connectivity index (χ1n) is 10.8. The summed E-state index contributed by atoms with van der Waals surface area (Å²) in [4.78, 5) is 23.8. The summed E-state index contributed by atoms with van der Waals surface area (Å²) in [5.74, 6) is 1.34. The lowest BCUT2D eigenvalue weighted by atomic mass is 9.73. The van der Waals surface area contributed by atoms with Crippen LogP contribution in [0.4, 0.5) is 5.69 Å². The summed E-state index contributed by atoms with van der Waals surface area (Å²) < 4.78 is 11.7. The summed E-state index contributed by atoms with van der Waals surface area (Å²) in [5.41, 5.74) is 3.52. The number of rotatable bonds is 6. The number of carbonyl (C=O) groups excluding carboxylic acids is 1. The van der Waals surface area contributed by atoms with Crippen molar-refractivity contribution in [2.24, 2.45) is 0 Å². The molecule has 0 aliphatic carbocycles. The molecule has 2 aromatic heterocycles. The van der Waals surface area contributed by atoms with Crippen LogP contribution in [0.5, 0.6) is 11.5 Å². The highest BCUT2D eigenvalue weighted by Gasteiger charge is 2.49. The van der Waals surface area contributed by atoms with Crippen molar-refractivity contribution in [3.05, 3.63) is 77.9 Å². The fourth-order valence-electron chi connectivity index (χ4n) is 4.68. The van der Waals surface area contributed by atoms with Gasteiger partial charge in [-0.1, -0.05) is 6.07 Å². The maximum Gasteiger partial charge on any atom is 0.235 e. The molecule has 0 unspecified atom stereocenters. The van der Waals surface area contributed by atoms with Crippen molar-refractivity contribution in [2.45, 2.75) is 31.4 Å². The second-order valence-electron chi connectivity index (χ2n) is 8.37. The van der Waals surface area contributed by atoms with Gasteiger partial charge in [-0.05, 0) is 66.9 Å². The summed E-state index contributed by atoms with van der Waals surface area (Å²) in [6.07, 6.45) is 8.71. The molecule has 1 amide bonds. The van der Waals surface area contributed by atoms with Crippen LogP contribution >= 0.6 is 0 Å². The van der Waals surface area contributed by atoms with E-state index < -0.39 is 5.41 Å². The lowest BCUT2D eigenvalue weighted by molar-refractivity contribution is -0.122. The number of fused-ring (bicyclic) bond motifs is 2. The Hall–Kier alpha value is -3.45.